The molecule has 4 rings (SSSR count). The van der Waals surface area contributed by atoms with E-state index in [1.54, 1.807) is 0 Å². The van der Waals surface area contributed by atoms with E-state index in [1.165, 1.54) is 4.90 Å². The number of aliphatic hydroxyl groups excluding tert-OH is 2. The molecule has 0 bridgehead atoms. The summed E-state index contributed by atoms with van der Waals surface area (Å²) < 4.78 is 5.49. The van der Waals surface area contributed by atoms with Crippen molar-refractivity contribution in [1.29, 1.82) is 0 Å². The molecular weight excluding hydrogens is 440 g/mol. The van der Waals surface area contributed by atoms with Crippen LogP contribution in [0.1, 0.15) is 29.9 Å². The molecule has 4 N–H and O–H groups in total. The number of hydrogen-bond acceptors (Lipinski definition) is 6. The minimum Gasteiger partial charge on any atom is -0.481 e. The van der Waals surface area contributed by atoms with Crippen LogP contribution in [0.5, 0.6) is 0 Å². The number of ether oxygens (including phenoxy) is 1. The van der Waals surface area contributed by atoms with Crippen LogP contribution < -0.4 is 5.32 Å². The van der Waals surface area contributed by atoms with Crippen LogP contribution in [0.25, 0.3) is 11.1 Å². The van der Waals surface area contributed by atoms with Crippen molar-refractivity contribution in [1.82, 2.24) is 10.2 Å². The van der Waals surface area contributed by atoms with Gasteiger partial charge in [0, 0.05) is 25.4 Å². The van der Waals surface area contributed by atoms with Gasteiger partial charge in [0.1, 0.15) is 12.6 Å². The first-order valence-corrected chi connectivity index (χ1v) is 11.2. The molecule has 0 spiro atoms. The fourth-order valence-corrected chi connectivity index (χ4v) is 4.70. The molecular formula is C25H28N2O7. The molecule has 0 saturated carbocycles. The predicted octanol–water partition coefficient (Wildman–Crippen LogP) is 1.57. The van der Waals surface area contributed by atoms with Crippen LogP contribution in [0.15, 0.2) is 48.5 Å². The molecule has 34 heavy (non-hydrogen) atoms. The smallest absolute Gasteiger partial charge is 0.407 e. The molecule has 1 atom stereocenters. The zero-order valence-corrected chi connectivity index (χ0v) is 18.6. The fourth-order valence-electron chi connectivity index (χ4n) is 4.70. The Bertz CT molecular complexity index is 1030. The molecule has 1 unspecified atom stereocenters. The Morgan fingerprint density at radius 3 is 2.09 bits per heavy atom. The number of alkyl carbamates (subject to hydrolysis) is 1. The van der Waals surface area contributed by atoms with E-state index < -0.39 is 29.4 Å². The van der Waals surface area contributed by atoms with Gasteiger partial charge < -0.3 is 30.3 Å². The van der Waals surface area contributed by atoms with E-state index in [2.05, 4.69) is 5.32 Å². The largest absolute Gasteiger partial charge is 0.481 e. The van der Waals surface area contributed by atoms with Gasteiger partial charge in [-0.3, -0.25) is 9.59 Å². The van der Waals surface area contributed by atoms with E-state index in [9.17, 15) is 24.6 Å². The quantitative estimate of drug-likeness (QED) is 0.439. The maximum absolute atomic E-state index is 12.9. The lowest BCUT2D eigenvalue weighted by Crippen LogP contribution is -2.65. The molecule has 1 fully saturated rings. The second-order valence-electron chi connectivity index (χ2n) is 8.97. The summed E-state index contributed by atoms with van der Waals surface area (Å²) in [6.07, 6.45) is -1.21. The number of carbonyl (C=O) groups excluding carboxylic acids is 2. The van der Waals surface area contributed by atoms with Gasteiger partial charge >= 0.3 is 12.1 Å². The van der Waals surface area contributed by atoms with Gasteiger partial charge in [-0.15, -0.1) is 0 Å². The van der Waals surface area contributed by atoms with E-state index in [0.29, 0.717) is 0 Å². The van der Waals surface area contributed by atoms with Gasteiger partial charge in [0.25, 0.3) is 0 Å². The highest BCUT2D eigenvalue weighted by molar-refractivity contribution is 5.87. The van der Waals surface area contributed by atoms with Gasteiger partial charge in [-0.1, -0.05) is 48.5 Å². The summed E-state index contributed by atoms with van der Waals surface area (Å²) in [4.78, 5) is 38.0. The number of aliphatic carboxylic acids is 1. The first-order valence-electron chi connectivity index (χ1n) is 11.2. The molecule has 2 aliphatic rings. The number of fused-ring (bicyclic) bond motifs is 3. The van der Waals surface area contributed by atoms with Gasteiger partial charge in [-0.25, -0.2) is 4.79 Å². The second-order valence-corrected chi connectivity index (χ2v) is 8.97. The Morgan fingerprint density at radius 1 is 1.00 bits per heavy atom. The number of rotatable bonds is 9. The maximum atomic E-state index is 12.9. The first kappa shape index (κ1) is 23.7. The number of nitrogens with zero attached hydrogens (tertiary/aromatic N) is 1. The van der Waals surface area contributed by atoms with E-state index >= 15 is 0 Å². The number of carbonyl (C=O) groups is 3. The van der Waals surface area contributed by atoms with E-state index in [4.69, 9.17) is 9.84 Å². The molecule has 180 valence electrons. The Balaban J connectivity index is 1.40. The van der Waals surface area contributed by atoms with Crippen LogP contribution in [0.4, 0.5) is 4.79 Å². The van der Waals surface area contributed by atoms with Gasteiger partial charge in [-0.2, -0.15) is 0 Å². The highest BCUT2D eigenvalue weighted by Crippen LogP contribution is 2.44. The number of amides is 2. The minimum absolute atomic E-state index is 0.0710. The average molecular weight is 469 g/mol. The van der Waals surface area contributed by atoms with Crippen molar-refractivity contribution in [2.45, 2.75) is 24.8 Å². The van der Waals surface area contributed by atoms with E-state index in [-0.39, 0.29) is 51.7 Å². The molecule has 2 aromatic carbocycles. The minimum atomic E-state index is -1.09. The lowest BCUT2D eigenvalue weighted by Gasteiger charge is -2.49. The van der Waals surface area contributed by atoms with Crippen LogP contribution in [0.3, 0.4) is 0 Å². The summed E-state index contributed by atoms with van der Waals surface area (Å²) >= 11 is 0. The molecule has 1 aliphatic heterocycles. The summed E-state index contributed by atoms with van der Waals surface area (Å²) in [6.45, 7) is -0.204. The monoisotopic (exact) mass is 468 g/mol. The average Bonchev–Trinajstić information content (AvgIpc) is 3.14. The van der Waals surface area contributed by atoms with Gasteiger partial charge in [0.05, 0.1) is 18.6 Å². The maximum Gasteiger partial charge on any atom is 0.407 e. The molecule has 9 heteroatoms. The van der Waals surface area contributed by atoms with Crippen molar-refractivity contribution >= 4 is 18.0 Å². The predicted molar refractivity (Wildman–Crippen MR) is 122 cm³/mol. The molecule has 1 saturated heterocycles. The highest BCUT2D eigenvalue weighted by atomic mass is 16.5. The third-order valence-electron chi connectivity index (χ3n) is 6.62. The fraction of sp³-hybridized carbons (Fsp3) is 0.400. The third kappa shape index (κ3) is 4.62. The summed E-state index contributed by atoms with van der Waals surface area (Å²) in [6, 6.07) is 14.8. The van der Waals surface area contributed by atoms with Crippen molar-refractivity contribution < 1.29 is 34.4 Å². The van der Waals surface area contributed by atoms with Crippen LogP contribution >= 0.6 is 0 Å². The number of carboxylic acids is 1. The van der Waals surface area contributed by atoms with Crippen molar-refractivity contribution in [3.05, 3.63) is 59.7 Å². The molecule has 0 radical (unpaired) electrons. The lowest BCUT2D eigenvalue weighted by molar-refractivity contribution is -0.152. The molecule has 9 nitrogen and oxygen atoms in total. The standard InChI is InChI=1S/C25H28N2O7/c28-14-25(15-29)12-27(13-25)23(32)21(9-10-22(30)31)26-24(33)34-11-20-18-7-3-1-5-16(18)17-6-2-4-8-19(17)20/h1-8,20-21,28-29H,9-15H2,(H,26,33)(H,30,31). The van der Waals surface area contributed by atoms with E-state index in [1.807, 2.05) is 48.5 Å². The van der Waals surface area contributed by atoms with Gasteiger partial charge in [-0.05, 0) is 28.7 Å². The second kappa shape index (κ2) is 9.82. The lowest BCUT2D eigenvalue weighted by atomic mass is 9.81. The summed E-state index contributed by atoms with van der Waals surface area (Å²) in [5, 5.41) is 30.4. The topological polar surface area (TPSA) is 136 Å². The molecule has 1 heterocycles. The van der Waals surface area contributed by atoms with Crippen molar-refractivity contribution in [2.24, 2.45) is 5.41 Å². The molecule has 1 aliphatic carbocycles. The number of likely N-dealkylation sites (tertiary alicyclic amines) is 1. The molecule has 2 amide bonds. The Kier molecular flexibility index (Phi) is 6.85. The van der Waals surface area contributed by atoms with Crippen LogP contribution in [0.2, 0.25) is 0 Å². The number of aliphatic hydroxyl groups is 2. The summed E-state index contributed by atoms with van der Waals surface area (Å²) in [5.41, 5.74) is 3.53. The van der Waals surface area contributed by atoms with Crippen molar-refractivity contribution in [2.75, 3.05) is 32.9 Å². The Morgan fingerprint density at radius 2 is 1.56 bits per heavy atom. The van der Waals surface area contributed by atoms with Crippen LogP contribution in [-0.2, 0) is 14.3 Å². The van der Waals surface area contributed by atoms with Crippen molar-refractivity contribution in [3.63, 3.8) is 0 Å². The number of carboxylic acid groups (broad SMARTS) is 1. The number of hydrogen-bond donors (Lipinski definition) is 4. The SMILES string of the molecule is O=C(O)CCC(NC(=O)OCC1c2ccccc2-c2ccccc21)C(=O)N1CC(CO)(CO)C1. The van der Waals surface area contributed by atoms with Crippen LogP contribution in [-0.4, -0.2) is 77.1 Å². The normalized spacial score (nSPS) is 16.7. The zero-order chi connectivity index (χ0) is 24.3. The number of nitrogens with one attached hydrogen (secondary N) is 1. The highest BCUT2D eigenvalue weighted by Gasteiger charge is 2.46. The molecule has 0 aromatic heterocycles. The first-order chi connectivity index (χ1) is 16.4. The van der Waals surface area contributed by atoms with E-state index in [0.717, 1.165) is 22.3 Å². The third-order valence-corrected chi connectivity index (χ3v) is 6.62. The summed E-state index contributed by atoms with van der Waals surface area (Å²) in [7, 11) is 0. The van der Waals surface area contributed by atoms with Crippen molar-refractivity contribution in [3.8, 4) is 11.1 Å². The molecule has 2 aromatic rings. The van der Waals surface area contributed by atoms with Crippen LogP contribution in [0, 0.1) is 5.41 Å². The van der Waals surface area contributed by atoms with Gasteiger partial charge in [0.2, 0.25) is 5.91 Å². The Hall–Kier alpha value is -3.43. The Labute approximate surface area is 197 Å². The summed E-state index contributed by atoms with van der Waals surface area (Å²) in [5.74, 6) is -1.69. The number of benzene rings is 2. The zero-order valence-electron chi connectivity index (χ0n) is 18.6. The van der Waals surface area contributed by atoms with Gasteiger partial charge in [0.15, 0.2) is 0 Å².